The fraction of sp³-hybridized carbons (Fsp3) is 0.700. The molecule has 1 aromatic heterocycles. The highest BCUT2D eigenvalue weighted by Gasteiger charge is 2.26. The van der Waals surface area contributed by atoms with Crippen molar-refractivity contribution in [2.24, 2.45) is 5.92 Å². The van der Waals surface area contributed by atoms with Crippen molar-refractivity contribution in [2.45, 2.75) is 26.3 Å². The number of carbonyl (C=O) groups is 2. The highest BCUT2D eigenvalue weighted by atomic mass is 16.2. The molecule has 98 valence electrons. The van der Waals surface area contributed by atoms with Gasteiger partial charge in [0.15, 0.2) is 5.82 Å². The van der Waals surface area contributed by atoms with Gasteiger partial charge in [0.25, 0.3) is 0 Å². The number of nitrogens with zero attached hydrogens (tertiary/aromatic N) is 4. The first-order chi connectivity index (χ1) is 8.66. The minimum Gasteiger partial charge on any atom is -0.348 e. The first-order valence-electron chi connectivity index (χ1n) is 5.92. The zero-order valence-electron chi connectivity index (χ0n) is 10.2. The van der Waals surface area contributed by atoms with Crippen LogP contribution in [-0.4, -0.2) is 50.4 Å². The molecule has 1 unspecified atom stereocenters. The number of likely N-dealkylation sites (tertiary alicyclic amines) is 1. The third kappa shape index (κ3) is 3.02. The molecule has 0 aliphatic carbocycles. The summed E-state index contributed by atoms with van der Waals surface area (Å²) in [6, 6.07) is 0. The van der Waals surface area contributed by atoms with E-state index in [0.29, 0.717) is 12.4 Å². The maximum atomic E-state index is 11.9. The number of hydrogen-bond donors (Lipinski definition) is 2. The first kappa shape index (κ1) is 12.5. The molecule has 2 amide bonds. The number of piperidine rings is 1. The summed E-state index contributed by atoms with van der Waals surface area (Å²) in [7, 11) is 0. The van der Waals surface area contributed by atoms with E-state index in [1.807, 2.05) is 0 Å². The van der Waals surface area contributed by atoms with Crippen LogP contribution in [0.3, 0.4) is 0 Å². The Morgan fingerprint density at radius 1 is 1.56 bits per heavy atom. The van der Waals surface area contributed by atoms with Gasteiger partial charge >= 0.3 is 0 Å². The van der Waals surface area contributed by atoms with Crippen LogP contribution in [0.5, 0.6) is 0 Å². The van der Waals surface area contributed by atoms with Gasteiger partial charge in [0, 0.05) is 20.0 Å². The summed E-state index contributed by atoms with van der Waals surface area (Å²) in [5, 5.41) is 16.0. The normalized spacial score (nSPS) is 19.6. The Labute approximate surface area is 104 Å². The van der Waals surface area contributed by atoms with Crippen LogP contribution in [0, 0.1) is 5.92 Å². The Kier molecular flexibility index (Phi) is 3.85. The van der Waals surface area contributed by atoms with Gasteiger partial charge < -0.3 is 10.2 Å². The summed E-state index contributed by atoms with van der Waals surface area (Å²) in [5.74, 6) is 0.258. The smallest absolute Gasteiger partial charge is 0.225 e. The number of carbonyl (C=O) groups excluding carboxylic acids is 2. The molecule has 18 heavy (non-hydrogen) atoms. The molecule has 8 nitrogen and oxygen atoms in total. The van der Waals surface area contributed by atoms with E-state index in [4.69, 9.17) is 0 Å². The van der Waals surface area contributed by atoms with E-state index in [2.05, 4.69) is 25.9 Å². The summed E-state index contributed by atoms with van der Waals surface area (Å²) in [5.41, 5.74) is 0. The summed E-state index contributed by atoms with van der Waals surface area (Å²) >= 11 is 0. The molecule has 1 aliphatic heterocycles. The van der Waals surface area contributed by atoms with E-state index in [9.17, 15) is 9.59 Å². The lowest BCUT2D eigenvalue weighted by Crippen LogP contribution is -2.44. The van der Waals surface area contributed by atoms with Crippen molar-refractivity contribution < 1.29 is 9.59 Å². The molecule has 0 bridgehead atoms. The van der Waals surface area contributed by atoms with Gasteiger partial charge in [-0.3, -0.25) is 9.59 Å². The molecule has 8 heteroatoms. The summed E-state index contributed by atoms with van der Waals surface area (Å²) in [6.07, 6.45) is 1.67. The number of rotatable bonds is 3. The third-order valence-electron chi connectivity index (χ3n) is 3.05. The average Bonchev–Trinajstić information content (AvgIpc) is 2.89. The molecule has 0 spiro atoms. The highest BCUT2D eigenvalue weighted by Crippen LogP contribution is 2.16. The van der Waals surface area contributed by atoms with Crippen LogP contribution in [0.2, 0.25) is 0 Å². The summed E-state index contributed by atoms with van der Waals surface area (Å²) in [6.45, 7) is 3.02. The van der Waals surface area contributed by atoms with Gasteiger partial charge in [-0.2, -0.15) is 5.21 Å². The topological polar surface area (TPSA) is 104 Å². The Morgan fingerprint density at radius 3 is 3.06 bits per heavy atom. The summed E-state index contributed by atoms with van der Waals surface area (Å²) < 4.78 is 0. The van der Waals surface area contributed by atoms with E-state index in [0.717, 1.165) is 19.4 Å². The van der Waals surface area contributed by atoms with Gasteiger partial charge in [-0.25, -0.2) is 0 Å². The number of amides is 2. The quantitative estimate of drug-likeness (QED) is 0.723. The van der Waals surface area contributed by atoms with Crippen LogP contribution in [0.1, 0.15) is 25.6 Å². The van der Waals surface area contributed by atoms with Gasteiger partial charge in [0.05, 0.1) is 12.5 Å². The molecule has 2 N–H and O–H groups in total. The number of aromatic nitrogens is 4. The van der Waals surface area contributed by atoms with E-state index in [1.54, 1.807) is 4.90 Å². The number of tetrazole rings is 1. The maximum absolute atomic E-state index is 11.9. The minimum atomic E-state index is -0.144. The molecule has 1 saturated heterocycles. The summed E-state index contributed by atoms with van der Waals surface area (Å²) in [4.78, 5) is 24.9. The second kappa shape index (κ2) is 5.56. The van der Waals surface area contributed by atoms with Crippen LogP contribution in [0.15, 0.2) is 0 Å². The Bertz CT molecular complexity index is 418. The third-order valence-corrected chi connectivity index (χ3v) is 3.05. The largest absolute Gasteiger partial charge is 0.348 e. The lowest BCUT2D eigenvalue weighted by molar-refractivity contribution is -0.134. The van der Waals surface area contributed by atoms with Crippen LogP contribution < -0.4 is 5.32 Å². The van der Waals surface area contributed by atoms with E-state index >= 15 is 0 Å². The molecule has 0 saturated carbocycles. The maximum Gasteiger partial charge on any atom is 0.225 e. The van der Waals surface area contributed by atoms with E-state index in [-0.39, 0.29) is 24.3 Å². The highest BCUT2D eigenvalue weighted by molar-refractivity contribution is 5.80. The second-order valence-corrected chi connectivity index (χ2v) is 4.35. The fourth-order valence-electron chi connectivity index (χ4n) is 2.05. The number of hydrogen-bond acceptors (Lipinski definition) is 5. The molecule has 1 aromatic rings. The molecule has 0 radical (unpaired) electrons. The standard InChI is InChI=1S/C10H16N6O2/c1-7(17)16-4-2-3-8(6-16)10(18)11-5-9-12-14-15-13-9/h8H,2-6H2,1H3,(H,11,18)(H,12,13,14,15). The minimum absolute atomic E-state index is 0.0191. The lowest BCUT2D eigenvalue weighted by atomic mass is 9.97. The average molecular weight is 252 g/mol. The van der Waals surface area contributed by atoms with Gasteiger partial charge in [0.2, 0.25) is 11.8 Å². The number of nitrogens with one attached hydrogen (secondary N) is 2. The van der Waals surface area contributed by atoms with Crippen molar-refractivity contribution in [1.29, 1.82) is 0 Å². The van der Waals surface area contributed by atoms with Crippen molar-refractivity contribution in [1.82, 2.24) is 30.8 Å². The molecular formula is C10H16N6O2. The molecule has 2 heterocycles. The van der Waals surface area contributed by atoms with Crippen molar-refractivity contribution in [3.8, 4) is 0 Å². The second-order valence-electron chi connectivity index (χ2n) is 4.35. The molecule has 1 fully saturated rings. The van der Waals surface area contributed by atoms with Gasteiger partial charge in [0.1, 0.15) is 0 Å². The molecule has 0 aromatic carbocycles. The van der Waals surface area contributed by atoms with E-state index < -0.39 is 0 Å². The van der Waals surface area contributed by atoms with Gasteiger partial charge in [-0.05, 0) is 12.8 Å². The molecule has 1 atom stereocenters. The van der Waals surface area contributed by atoms with Gasteiger partial charge in [-0.1, -0.05) is 5.21 Å². The van der Waals surface area contributed by atoms with E-state index in [1.165, 1.54) is 6.92 Å². The van der Waals surface area contributed by atoms with Crippen LogP contribution in [0.4, 0.5) is 0 Å². The molecule has 2 rings (SSSR count). The first-order valence-corrected chi connectivity index (χ1v) is 5.92. The van der Waals surface area contributed by atoms with Gasteiger partial charge in [-0.15, -0.1) is 10.2 Å². The van der Waals surface area contributed by atoms with Crippen molar-refractivity contribution in [2.75, 3.05) is 13.1 Å². The Morgan fingerprint density at radius 2 is 2.39 bits per heavy atom. The molecule has 1 aliphatic rings. The SMILES string of the molecule is CC(=O)N1CCCC(C(=O)NCc2nn[nH]n2)C1. The van der Waals surface area contributed by atoms with Crippen LogP contribution >= 0.6 is 0 Å². The monoisotopic (exact) mass is 252 g/mol. The molecular weight excluding hydrogens is 236 g/mol. The predicted octanol–water partition coefficient (Wildman–Crippen LogP) is -0.926. The predicted molar refractivity (Wildman–Crippen MR) is 61.0 cm³/mol. The van der Waals surface area contributed by atoms with Crippen molar-refractivity contribution in [3.63, 3.8) is 0 Å². The number of aromatic amines is 1. The van der Waals surface area contributed by atoms with Crippen LogP contribution in [-0.2, 0) is 16.1 Å². The van der Waals surface area contributed by atoms with Crippen LogP contribution in [0.25, 0.3) is 0 Å². The van der Waals surface area contributed by atoms with Crippen molar-refractivity contribution in [3.05, 3.63) is 5.82 Å². The van der Waals surface area contributed by atoms with Crippen molar-refractivity contribution >= 4 is 11.8 Å². The Balaban J connectivity index is 1.83. The fourth-order valence-corrected chi connectivity index (χ4v) is 2.05. The number of H-pyrrole nitrogens is 1. The lowest BCUT2D eigenvalue weighted by Gasteiger charge is -2.31. The zero-order valence-corrected chi connectivity index (χ0v) is 10.2. The Hall–Kier alpha value is -1.99. The zero-order chi connectivity index (χ0) is 13.0.